The molecule has 7 nitrogen and oxygen atoms in total. The van der Waals surface area contributed by atoms with E-state index < -0.39 is 0 Å². The summed E-state index contributed by atoms with van der Waals surface area (Å²) in [6, 6.07) is 8.80. The molecule has 0 aliphatic carbocycles. The summed E-state index contributed by atoms with van der Waals surface area (Å²) in [4.78, 5) is 16.8. The van der Waals surface area contributed by atoms with Gasteiger partial charge in [0.15, 0.2) is 10.9 Å². The molecule has 33 heavy (non-hydrogen) atoms. The Balaban J connectivity index is 1.53. The fourth-order valence-electron chi connectivity index (χ4n) is 3.08. The molecule has 0 bridgehead atoms. The summed E-state index contributed by atoms with van der Waals surface area (Å²) in [7, 11) is 0. The number of amides is 1. The van der Waals surface area contributed by atoms with Crippen LogP contribution in [0.4, 0.5) is 0 Å². The van der Waals surface area contributed by atoms with Gasteiger partial charge in [0.1, 0.15) is 10.7 Å². The van der Waals surface area contributed by atoms with Gasteiger partial charge in [0.05, 0.1) is 22.7 Å². The number of hydrogen-bond acceptors (Lipinski definition) is 7. The average Bonchev–Trinajstić information content (AvgIpc) is 3.57. The Morgan fingerprint density at radius 1 is 1.24 bits per heavy atom. The van der Waals surface area contributed by atoms with Crippen molar-refractivity contribution >= 4 is 52.2 Å². The first-order valence-electron chi connectivity index (χ1n) is 10.4. The SMILES string of the molecule is CCCCCNC(=O)c1csc(CSc2nnc(-c3ccco3)n2-c2cc(Cl)ccc2Cl)n1. The van der Waals surface area contributed by atoms with Crippen molar-refractivity contribution in [3.05, 3.63) is 62.7 Å². The molecule has 4 rings (SSSR count). The topological polar surface area (TPSA) is 85.8 Å². The highest BCUT2D eigenvalue weighted by Gasteiger charge is 2.21. The number of thioether (sulfide) groups is 1. The monoisotopic (exact) mass is 521 g/mol. The smallest absolute Gasteiger partial charge is 0.270 e. The van der Waals surface area contributed by atoms with Crippen LogP contribution in [0.3, 0.4) is 0 Å². The highest BCUT2D eigenvalue weighted by Crippen LogP contribution is 2.34. The van der Waals surface area contributed by atoms with E-state index in [1.807, 2.05) is 4.57 Å². The number of carbonyl (C=O) groups excluding carboxylic acids is 1. The highest BCUT2D eigenvalue weighted by atomic mass is 35.5. The molecule has 1 amide bonds. The number of halogens is 2. The maximum Gasteiger partial charge on any atom is 0.270 e. The van der Waals surface area contributed by atoms with E-state index in [1.54, 1.807) is 42.0 Å². The van der Waals surface area contributed by atoms with Gasteiger partial charge in [-0.05, 0) is 36.8 Å². The minimum Gasteiger partial charge on any atom is -0.461 e. The lowest BCUT2D eigenvalue weighted by Crippen LogP contribution is -2.24. The van der Waals surface area contributed by atoms with Gasteiger partial charge in [-0.1, -0.05) is 54.7 Å². The molecule has 0 fully saturated rings. The van der Waals surface area contributed by atoms with Crippen LogP contribution >= 0.6 is 46.3 Å². The minimum atomic E-state index is -0.146. The molecule has 0 aliphatic heterocycles. The Morgan fingerprint density at radius 2 is 2.12 bits per heavy atom. The van der Waals surface area contributed by atoms with Gasteiger partial charge in [0.25, 0.3) is 5.91 Å². The molecule has 1 N–H and O–H groups in total. The zero-order valence-electron chi connectivity index (χ0n) is 17.8. The first-order valence-corrected chi connectivity index (χ1v) is 13.0. The summed E-state index contributed by atoms with van der Waals surface area (Å²) in [5, 5.41) is 15.8. The Hall–Kier alpha value is -2.33. The largest absolute Gasteiger partial charge is 0.461 e. The number of benzene rings is 1. The summed E-state index contributed by atoms with van der Waals surface area (Å²) >= 11 is 15.6. The van der Waals surface area contributed by atoms with Gasteiger partial charge < -0.3 is 9.73 Å². The molecule has 0 saturated carbocycles. The van der Waals surface area contributed by atoms with E-state index in [0.717, 1.165) is 24.3 Å². The normalized spacial score (nSPS) is 11.1. The van der Waals surface area contributed by atoms with Gasteiger partial charge >= 0.3 is 0 Å². The number of nitrogens with zero attached hydrogens (tertiary/aromatic N) is 4. The van der Waals surface area contributed by atoms with Crippen LogP contribution in [0.25, 0.3) is 17.3 Å². The zero-order valence-corrected chi connectivity index (χ0v) is 20.9. The second-order valence-corrected chi connectivity index (χ2v) is 9.82. The molecule has 172 valence electrons. The highest BCUT2D eigenvalue weighted by molar-refractivity contribution is 7.98. The van der Waals surface area contributed by atoms with Crippen LogP contribution < -0.4 is 5.32 Å². The van der Waals surface area contributed by atoms with Crippen molar-refractivity contribution in [2.45, 2.75) is 37.1 Å². The molecule has 0 saturated heterocycles. The van der Waals surface area contributed by atoms with Crippen molar-refractivity contribution < 1.29 is 9.21 Å². The molecule has 4 aromatic rings. The van der Waals surface area contributed by atoms with E-state index in [1.165, 1.54) is 23.1 Å². The summed E-state index contributed by atoms with van der Waals surface area (Å²) in [6.45, 7) is 2.79. The van der Waals surface area contributed by atoms with E-state index in [9.17, 15) is 4.79 Å². The summed E-state index contributed by atoms with van der Waals surface area (Å²) in [6.07, 6.45) is 4.75. The molecule has 1 aromatic carbocycles. The van der Waals surface area contributed by atoms with Crippen molar-refractivity contribution in [3.8, 4) is 17.3 Å². The fraction of sp³-hybridized carbons (Fsp3) is 0.273. The maximum atomic E-state index is 12.3. The summed E-state index contributed by atoms with van der Waals surface area (Å²) in [5.41, 5.74) is 1.08. The lowest BCUT2D eigenvalue weighted by molar-refractivity contribution is 0.0948. The molecule has 0 radical (unpaired) electrons. The molecule has 3 aromatic heterocycles. The molecule has 3 heterocycles. The van der Waals surface area contributed by atoms with Crippen molar-refractivity contribution in [1.29, 1.82) is 0 Å². The lowest BCUT2D eigenvalue weighted by Gasteiger charge is -2.11. The number of carbonyl (C=O) groups is 1. The molecule has 0 spiro atoms. The van der Waals surface area contributed by atoms with Crippen LogP contribution in [0.5, 0.6) is 0 Å². The molecular weight excluding hydrogens is 501 g/mol. The van der Waals surface area contributed by atoms with Crippen LogP contribution in [0.15, 0.2) is 51.5 Å². The third-order valence-corrected chi connectivity index (χ3v) is 7.23. The summed E-state index contributed by atoms with van der Waals surface area (Å²) in [5.74, 6) is 1.44. The van der Waals surface area contributed by atoms with Crippen LogP contribution in [0, 0.1) is 0 Å². The van der Waals surface area contributed by atoms with Gasteiger partial charge in [-0.15, -0.1) is 21.5 Å². The standard InChI is InChI=1S/C22H21Cl2N5O2S2/c1-2-3-4-9-25-21(30)16-12-32-19(26-16)13-33-22-28-27-20(18-6-5-10-31-18)29(22)17-11-14(23)7-8-15(17)24/h5-8,10-12H,2-4,9,13H2,1H3,(H,25,30). The lowest BCUT2D eigenvalue weighted by atomic mass is 10.2. The molecular formula is C22H21Cl2N5O2S2. The van der Waals surface area contributed by atoms with E-state index in [0.29, 0.717) is 50.5 Å². The Kier molecular flexibility index (Phi) is 8.08. The fourth-order valence-corrected chi connectivity index (χ4v) is 5.18. The number of hydrogen-bond donors (Lipinski definition) is 1. The predicted molar refractivity (Wildman–Crippen MR) is 133 cm³/mol. The van der Waals surface area contributed by atoms with Crippen LogP contribution in [-0.2, 0) is 5.75 Å². The Bertz CT molecular complexity index is 1220. The Morgan fingerprint density at radius 3 is 2.91 bits per heavy atom. The van der Waals surface area contributed by atoms with E-state index in [2.05, 4.69) is 27.4 Å². The van der Waals surface area contributed by atoms with Crippen LogP contribution in [0.1, 0.15) is 41.7 Å². The minimum absolute atomic E-state index is 0.146. The van der Waals surface area contributed by atoms with Crippen molar-refractivity contribution in [3.63, 3.8) is 0 Å². The van der Waals surface area contributed by atoms with Crippen molar-refractivity contribution in [2.24, 2.45) is 0 Å². The molecule has 0 atom stereocenters. The summed E-state index contributed by atoms with van der Waals surface area (Å²) < 4.78 is 7.35. The zero-order chi connectivity index (χ0) is 23.2. The average molecular weight is 522 g/mol. The van der Waals surface area contributed by atoms with Gasteiger partial charge in [0.2, 0.25) is 5.82 Å². The van der Waals surface area contributed by atoms with E-state index in [-0.39, 0.29) is 5.91 Å². The van der Waals surface area contributed by atoms with Crippen molar-refractivity contribution in [2.75, 3.05) is 6.54 Å². The maximum absolute atomic E-state index is 12.3. The van der Waals surface area contributed by atoms with Gasteiger partial charge in [-0.2, -0.15) is 0 Å². The number of furan rings is 1. The number of rotatable bonds is 10. The first kappa shape index (κ1) is 23.8. The van der Waals surface area contributed by atoms with E-state index >= 15 is 0 Å². The third kappa shape index (κ3) is 5.78. The first-order chi connectivity index (χ1) is 16.1. The van der Waals surface area contributed by atoms with E-state index in [4.69, 9.17) is 27.6 Å². The van der Waals surface area contributed by atoms with Gasteiger partial charge in [-0.3, -0.25) is 9.36 Å². The van der Waals surface area contributed by atoms with Gasteiger partial charge in [0, 0.05) is 16.9 Å². The number of thiazole rings is 1. The Labute approximate surface area is 209 Å². The van der Waals surface area contributed by atoms with Crippen molar-refractivity contribution in [1.82, 2.24) is 25.1 Å². The molecule has 0 unspecified atom stereocenters. The van der Waals surface area contributed by atoms with Crippen LogP contribution in [0.2, 0.25) is 10.0 Å². The van der Waals surface area contributed by atoms with Gasteiger partial charge in [-0.25, -0.2) is 4.98 Å². The number of nitrogens with one attached hydrogen (secondary N) is 1. The predicted octanol–water partition coefficient (Wildman–Crippen LogP) is 6.50. The van der Waals surface area contributed by atoms with Crippen LogP contribution in [-0.4, -0.2) is 32.2 Å². The molecule has 0 aliphatic rings. The number of aromatic nitrogens is 4. The third-order valence-electron chi connectivity index (χ3n) is 4.70. The molecule has 11 heteroatoms. The second-order valence-electron chi connectivity index (χ2n) is 7.09. The number of unbranched alkanes of at least 4 members (excludes halogenated alkanes) is 2. The quantitative estimate of drug-likeness (QED) is 0.189. The second kappa shape index (κ2) is 11.2.